The van der Waals surface area contributed by atoms with E-state index in [0.717, 1.165) is 30.1 Å². The molecule has 22 nitrogen and oxygen atoms in total. The standard InChI is InChI=1S/C21H10N8O14/c1-43-21(30)23-8-22-13-6-11(19-15(26(35)36)2-9(24(31)32)3-16(19)27(37)38)12(7-14(13)23)20-17(28(39)40)4-10(25(33)34)5-18(20)29(41)42/h2-8H,1H3. The molecule has 0 aliphatic rings. The number of nitro groups is 6. The summed E-state index contributed by atoms with van der Waals surface area (Å²) in [6.07, 6.45) is -0.206. The van der Waals surface area contributed by atoms with E-state index in [9.17, 15) is 65.5 Å². The summed E-state index contributed by atoms with van der Waals surface area (Å²) in [5.74, 6) is 0. The van der Waals surface area contributed by atoms with Crippen LogP contribution in [0, 0.1) is 60.7 Å². The number of hydrogen-bond donors (Lipinski definition) is 0. The zero-order valence-electron chi connectivity index (χ0n) is 20.8. The first-order valence-electron chi connectivity index (χ1n) is 11.0. The van der Waals surface area contributed by atoms with Crippen molar-refractivity contribution in [3.05, 3.63) is 103 Å². The predicted molar refractivity (Wildman–Crippen MR) is 138 cm³/mol. The fourth-order valence-electron chi connectivity index (χ4n) is 4.25. The van der Waals surface area contributed by atoms with Crippen LogP contribution in [-0.4, -0.2) is 52.3 Å². The van der Waals surface area contributed by atoms with Gasteiger partial charge in [-0.05, 0) is 12.1 Å². The number of nitro benzene ring substituents is 6. The molecular formula is C21H10N8O14. The predicted octanol–water partition coefficient (Wildman–Crippen LogP) is 4.43. The van der Waals surface area contributed by atoms with Crippen LogP contribution < -0.4 is 0 Å². The molecule has 0 fully saturated rings. The maximum absolute atomic E-state index is 12.3. The van der Waals surface area contributed by atoms with Crippen LogP contribution in [0.1, 0.15) is 0 Å². The Balaban J connectivity index is 2.34. The molecule has 43 heavy (non-hydrogen) atoms. The second kappa shape index (κ2) is 10.5. The minimum Gasteiger partial charge on any atom is -0.452 e. The number of fused-ring (bicyclic) bond motifs is 1. The summed E-state index contributed by atoms with van der Waals surface area (Å²) in [7, 11) is 0.971. The maximum atomic E-state index is 12.3. The Morgan fingerprint density at radius 3 is 1.33 bits per heavy atom. The summed E-state index contributed by atoms with van der Waals surface area (Å²) in [5, 5.41) is 71.0. The summed E-state index contributed by atoms with van der Waals surface area (Å²) < 4.78 is 5.34. The van der Waals surface area contributed by atoms with Crippen LogP contribution in [0.3, 0.4) is 0 Å². The summed E-state index contributed by atoms with van der Waals surface area (Å²) in [5.41, 5.74) is -11.1. The second-order valence-electron chi connectivity index (χ2n) is 8.23. The van der Waals surface area contributed by atoms with Crippen molar-refractivity contribution in [1.29, 1.82) is 0 Å². The van der Waals surface area contributed by atoms with Crippen LogP contribution in [0.5, 0.6) is 0 Å². The lowest BCUT2D eigenvalue weighted by Gasteiger charge is -2.13. The molecule has 0 aliphatic carbocycles. The van der Waals surface area contributed by atoms with Crippen molar-refractivity contribution in [2.45, 2.75) is 0 Å². The number of hydrogen-bond acceptors (Lipinski definition) is 15. The van der Waals surface area contributed by atoms with Crippen LogP contribution >= 0.6 is 0 Å². The quantitative estimate of drug-likeness (QED) is 0.200. The molecule has 4 rings (SSSR count). The zero-order chi connectivity index (χ0) is 31.9. The number of imidazole rings is 1. The van der Waals surface area contributed by atoms with Gasteiger partial charge in [0.1, 0.15) is 17.5 Å². The van der Waals surface area contributed by atoms with Crippen molar-refractivity contribution in [3.63, 3.8) is 0 Å². The zero-order valence-corrected chi connectivity index (χ0v) is 20.8. The second-order valence-corrected chi connectivity index (χ2v) is 8.23. The number of nitrogens with zero attached hydrogens (tertiary/aromatic N) is 8. The van der Waals surface area contributed by atoms with E-state index in [-0.39, 0.29) is 11.0 Å². The molecule has 3 aromatic carbocycles. The van der Waals surface area contributed by atoms with Crippen LogP contribution in [-0.2, 0) is 4.74 Å². The summed E-state index contributed by atoms with van der Waals surface area (Å²) >= 11 is 0. The van der Waals surface area contributed by atoms with Crippen molar-refractivity contribution in [3.8, 4) is 22.3 Å². The largest absolute Gasteiger partial charge is 0.452 e. The molecule has 4 aromatic rings. The number of rotatable bonds is 8. The number of carbonyl (C=O) groups excluding carboxylic acids is 1. The molecule has 0 spiro atoms. The molecule has 0 saturated carbocycles. The van der Waals surface area contributed by atoms with E-state index < -0.39 is 92.0 Å². The van der Waals surface area contributed by atoms with Gasteiger partial charge in [0.15, 0.2) is 0 Å². The molecule has 0 radical (unpaired) electrons. The lowest BCUT2D eigenvalue weighted by atomic mass is 9.89. The third-order valence-corrected chi connectivity index (χ3v) is 5.97. The molecule has 0 N–H and O–H groups in total. The van der Waals surface area contributed by atoms with Gasteiger partial charge in [-0.3, -0.25) is 60.7 Å². The van der Waals surface area contributed by atoms with E-state index in [1.54, 1.807) is 0 Å². The van der Waals surface area contributed by atoms with Crippen molar-refractivity contribution < 1.29 is 39.1 Å². The third-order valence-electron chi connectivity index (χ3n) is 5.97. The number of non-ortho nitro benzene ring substituents is 2. The summed E-state index contributed by atoms with van der Waals surface area (Å²) in [6.45, 7) is 0. The highest BCUT2D eigenvalue weighted by Gasteiger charge is 2.38. The van der Waals surface area contributed by atoms with Gasteiger partial charge in [0.2, 0.25) is 0 Å². The average Bonchev–Trinajstić information content (AvgIpc) is 3.37. The van der Waals surface area contributed by atoms with E-state index in [2.05, 4.69) is 9.72 Å². The lowest BCUT2D eigenvalue weighted by molar-refractivity contribution is -0.402. The number of carbonyl (C=O) groups is 1. The summed E-state index contributed by atoms with van der Waals surface area (Å²) in [4.78, 5) is 80.0. The van der Waals surface area contributed by atoms with Crippen LogP contribution in [0.15, 0.2) is 42.7 Å². The van der Waals surface area contributed by atoms with E-state index in [0.29, 0.717) is 24.3 Å². The molecule has 22 heteroatoms. The van der Waals surface area contributed by atoms with E-state index in [1.807, 2.05) is 0 Å². The lowest BCUT2D eigenvalue weighted by Crippen LogP contribution is -2.10. The van der Waals surface area contributed by atoms with Gasteiger partial charge in [-0.15, -0.1) is 0 Å². The Morgan fingerprint density at radius 2 is 1.00 bits per heavy atom. The molecule has 0 unspecified atom stereocenters. The van der Waals surface area contributed by atoms with Gasteiger partial charge in [0.25, 0.3) is 34.1 Å². The maximum Gasteiger partial charge on any atom is 0.419 e. The summed E-state index contributed by atoms with van der Waals surface area (Å²) in [6, 6.07) is 3.13. The Hall–Kier alpha value is -7.00. The molecule has 0 aliphatic heterocycles. The van der Waals surface area contributed by atoms with Crippen molar-refractivity contribution in [2.24, 2.45) is 0 Å². The van der Waals surface area contributed by atoms with Gasteiger partial charge in [0, 0.05) is 11.1 Å². The number of ether oxygens (including phenoxy) is 1. The number of methoxy groups -OCH3 is 1. The molecule has 1 aromatic heterocycles. The van der Waals surface area contributed by atoms with Gasteiger partial charge in [-0.25, -0.2) is 14.3 Å². The number of benzene rings is 3. The third kappa shape index (κ3) is 4.92. The highest BCUT2D eigenvalue weighted by atomic mass is 16.6. The van der Waals surface area contributed by atoms with Gasteiger partial charge >= 0.3 is 6.09 Å². The SMILES string of the molecule is COC(=O)n1cnc2cc(-c3c([N+](=O)[O-])cc([N+](=O)[O-])cc3[N+](=O)[O-])c(-c3c([N+](=O)[O-])cc([N+](=O)[O-])cc3[N+](=O)[O-])cc21. The molecule has 1 heterocycles. The van der Waals surface area contributed by atoms with Gasteiger partial charge in [-0.2, -0.15) is 0 Å². The fourth-order valence-corrected chi connectivity index (χ4v) is 4.25. The molecule has 0 saturated heterocycles. The monoisotopic (exact) mass is 598 g/mol. The van der Waals surface area contributed by atoms with E-state index >= 15 is 0 Å². The topological polar surface area (TPSA) is 303 Å². The van der Waals surface area contributed by atoms with Gasteiger partial charge in [-0.1, -0.05) is 0 Å². The van der Waals surface area contributed by atoms with E-state index in [1.165, 1.54) is 0 Å². The Labute approximate surface area is 233 Å². The molecule has 0 atom stereocenters. The molecule has 0 bridgehead atoms. The smallest absolute Gasteiger partial charge is 0.419 e. The Morgan fingerprint density at radius 1 is 0.628 bits per heavy atom. The minimum absolute atomic E-state index is 0.238. The van der Waals surface area contributed by atoms with Crippen molar-refractivity contribution >= 4 is 51.3 Å². The van der Waals surface area contributed by atoms with Gasteiger partial charge < -0.3 is 4.74 Å². The first-order valence-corrected chi connectivity index (χ1v) is 11.0. The van der Waals surface area contributed by atoms with E-state index in [4.69, 9.17) is 0 Å². The van der Waals surface area contributed by atoms with Crippen LogP contribution in [0.2, 0.25) is 0 Å². The normalized spacial score (nSPS) is 10.7. The fraction of sp³-hybridized carbons (Fsp3) is 0.0476. The molecule has 218 valence electrons. The van der Waals surface area contributed by atoms with Crippen molar-refractivity contribution in [1.82, 2.24) is 9.55 Å². The first-order chi connectivity index (χ1) is 20.2. The van der Waals surface area contributed by atoms with Gasteiger partial charge in [0.05, 0.1) is 71.9 Å². The van der Waals surface area contributed by atoms with Crippen LogP contribution in [0.25, 0.3) is 33.3 Å². The molecular weight excluding hydrogens is 588 g/mol. The van der Waals surface area contributed by atoms with Crippen molar-refractivity contribution in [2.75, 3.05) is 7.11 Å². The minimum atomic E-state index is -1.27. The Bertz CT molecular complexity index is 1900. The first kappa shape index (κ1) is 29.0. The number of aromatic nitrogens is 2. The van der Waals surface area contributed by atoms with Crippen LogP contribution in [0.4, 0.5) is 38.9 Å². The highest BCUT2D eigenvalue weighted by molar-refractivity contribution is 6.03. The molecule has 0 amide bonds. The highest BCUT2D eigenvalue weighted by Crippen LogP contribution is 2.50. The Kier molecular flexibility index (Phi) is 7.10. The average molecular weight is 598 g/mol.